The van der Waals surface area contributed by atoms with Crippen LogP contribution < -0.4 is 0 Å². The smallest absolute Gasteiger partial charge is 0.105 e. The predicted octanol–water partition coefficient (Wildman–Crippen LogP) is 5.28. The van der Waals surface area contributed by atoms with E-state index in [1.807, 2.05) is 0 Å². The number of aromatic nitrogens is 2. The van der Waals surface area contributed by atoms with Crippen molar-refractivity contribution in [2.75, 3.05) is 0 Å². The number of hydrogen-bond donors (Lipinski definition) is 0. The third-order valence-corrected chi connectivity index (χ3v) is 3.88. The van der Waals surface area contributed by atoms with E-state index in [0.29, 0.717) is 0 Å². The van der Waals surface area contributed by atoms with Gasteiger partial charge >= 0.3 is 0 Å². The molecule has 0 saturated heterocycles. The Balaban J connectivity index is 0.00000324. The number of halogens is 1. The maximum atomic E-state index is 4.60. The lowest BCUT2D eigenvalue weighted by Crippen LogP contribution is -2.03. The maximum Gasteiger partial charge on any atom is 0.105 e. The zero-order valence-electron chi connectivity index (χ0n) is 13.1. The molecule has 1 rings (SSSR count). The summed E-state index contributed by atoms with van der Waals surface area (Å²) >= 11 is 0. The van der Waals surface area contributed by atoms with Crippen molar-refractivity contribution < 1.29 is 0 Å². The molecule has 0 aromatic carbocycles. The molecule has 2 nitrogen and oxygen atoms in total. The molecule has 19 heavy (non-hydrogen) atoms. The van der Waals surface area contributed by atoms with Crippen LogP contribution >= 0.6 is 24.0 Å². The van der Waals surface area contributed by atoms with Crippen LogP contribution in [0.2, 0.25) is 0 Å². The fourth-order valence-electron chi connectivity index (χ4n) is 2.63. The molecule has 0 spiro atoms. The second kappa shape index (κ2) is 10.7. The molecule has 0 bridgehead atoms. The largest absolute Gasteiger partial charge is 0.338 e. The number of unbranched alkanes of at least 4 members (excludes halogenated alkanes) is 2. The zero-order chi connectivity index (χ0) is 13.4. The molecule has 1 aromatic rings. The highest BCUT2D eigenvalue weighted by atomic mass is 127. The van der Waals surface area contributed by atoms with Crippen LogP contribution in [0, 0.1) is 12.8 Å². The van der Waals surface area contributed by atoms with E-state index in [-0.39, 0.29) is 24.0 Å². The lowest BCUT2D eigenvalue weighted by molar-refractivity contribution is 0.397. The predicted molar refractivity (Wildman–Crippen MR) is 94.2 cm³/mol. The van der Waals surface area contributed by atoms with Crippen LogP contribution in [-0.2, 0) is 13.5 Å². The quantitative estimate of drug-likeness (QED) is 0.423. The minimum absolute atomic E-state index is 0. The Hall–Kier alpha value is -0.0600. The lowest BCUT2D eigenvalue weighted by atomic mass is 9.91. The summed E-state index contributed by atoms with van der Waals surface area (Å²) < 4.78 is 2.13. The topological polar surface area (TPSA) is 17.8 Å². The van der Waals surface area contributed by atoms with Gasteiger partial charge in [-0.25, -0.2) is 4.98 Å². The van der Waals surface area contributed by atoms with E-state index in [9.17, 15) is 0 Å². The minimum Gasteiger partial charge on any atom is -0.338 e. The highest BCUT2D eigenvalue weighted by molar-refractivity contribution is 14.0. The number of nitrogens with zero attached hydrogens (tertiary/aromatic N) is 2. The maximum absolute atomic E-state index is 4.60. The fraction of sp³-hybridized carbons (Fsp3) is 0.812. The second-order valence-corrected chi connectivity index (χ2v) is 5.58. The molecular weight excluding hydrogens is 347 g/mol. The summed E-state index contributed by atoms with van der Waals surface area (Å²) in [5.74, 6) is 2.03. The molecule has 3 heteroatoms. The van der Waals surface area contributed by atoms with Gasteiger partial charge in [-0.1, -0.05) is 52.4 Å². The molecule has 112 valence electrons. The summed E-state index contributed by atoms with van der Waals surface area (Å²) in [4.78, 5) is 4.60. The number of rotatable bonds is 9. The van der Waals surface area contributed by atoms with Crippen LogP contribution in [-0.4, -0.2) is 9.55 Å². The van der Waals surface area contributed by atoms with Gasteiger partial charge in [-0.3, -0.25) is 0 Å². The van der Waals surface area contributed by atoms with Crippen LogP contribution in [0.4, 0.5) is 0 Å². The molecule has 0 amide bonds. The van der Waals surface area contributed by atoms with Crippen LogP contribution in [0.5, 0.6) is 0 Å². The standard InChI is InChI=1S/C16H30N2.HI/c1-5-7-8-10-15(9-6-2)11-12-16-13-18(4)14(3)17-16;/h13,15H,5-12H2,1-4H3;1H. The molecule has 0 aliphatic rings. The van der Waals surface area contributed by atoms with Gasteiger partial charge < -0.3 is 4.57 Å². The summed E-state index contributed by atoms with van der Waals surface area (Å²) in [5.41, 5.74) is 1.27. The van der Waals surface area contributed by atoms with Crippen LogP contribution in [0.25, 0.3) is 0 Å². The first kappa shape index (κ1) is 18.9. The first-order chi connectivity index (χ1) is 8.67. The molecule has 1 aromatic heterocycles. The summed E-state index contributed by atoms with van der Waals surface area (Å²) in [5, 5.41) is 0. The van der Waals surface area contributed by atoms with E-state index in [1.165, 1.54) is 50.6 Å². The average Bonchev–Trinajstić information content (AvgIpc) is 2.66. The van der Waals surface area contributed by atoms with Gasteiger partial charge in [0, 0.05) is 13.2 Å². The Bertz CT molecular complexity index is 314. The Kier molecular flexibility index (Phi) is 10.7. The minimum atomic E-state index is 0. The van der Waals surface area contributed by atoms with E-state index >= 15 is 0 Å². The molecule has 0 aliphatic carbocycles. The number of imidazole rings is 1. The van der Waals surface area contributed by atoms with Crippen molar-refractivity contribution in [1.29, 1.82) is 0 Å². The third kappa shape index (κ3) is 7.33. The van der Waals surface area contributed by atoms with Gasteiger partial charge in [0.15, 0.2) is 0 Å². The average molecular weight is 378 g/mol. The molecule has 0 radical (unpaired) electrons. The molecule has 1 atom stereocenters. The van der Waals surface area contributed by atoms with Crippen LogP contribution in [0.15, 0.2) is 6.20 Å². The Morgan fingerprint density at radius 1 is 1.11 bits per heavy atom. The van der Waals surface area contributed by atoms with Gasteiger partial charge in [-0.15, -0.1) is 24.0 Å². The van der Waals surface area contributed by atoms with Crippen LogP contribution in [0.1, 0.15) is 70.3 Å². The van der Waals surface area contributed by atoms with Crippen molar-refractivity contribution in [3.63, 3.8) is 0 Å². The van der Waals surface area contributed by atoms with Gasteiger partial charge in [0.25, 0.3) is 0 Å². The van der Waals surface area contributed by atoms with E-state index < -0.39 is 0 Å². The van der Waals surface area contributed by atoms with Crippen LogP contribution in [0.3, 0.4) is 0 Å². The van der Waals surface area contributed by atoms with Gasteiger partial charge in [0.05, 0.1) is 5.69 Å². The van der Waals surface area contributed by atoms with Crippen molar-refractivity contribution in [2.45, 2.75) is 72.1 Å². The summed E-state index contributed by atoms with van der Waals surface area (Å²) in [6.07, 6.45) is 12.9. The molecule has 0 fully saturated rings. The molecule has 1 heterocycles. The van der Waals surface area contributed by atoms with Gasteiger partial charge in [-0.2, -0.15) is 0 Å². The van der Waals surface area contributed by atoms with Crippen molar-refractivity contribution in [3.05, 3.63) is 17.7 Å². The van der Waals surface area contributed by atoms with Gasteiger partial charge in [0.2, 0.25) is 0 Å². The Morgan fingerprint density at radius 3 is 2.37 bits per heavy atom. The fourth-order valence-corrected chi connectivity index (χ4v) is 2.63. The first-order valence-corrected chi connectivity index (χ1v) is 7.66. The number of aryl methyl sites for hydroxylation is 3. The normalized spacial score (nSPS) is 12.2. The van der Waals surface area contributed by atoms with E-state index in [2.05, 4.69) is 43.6 Å². The van der Waals surface area contributed by atoms with E-state index in [1.54, 1.807) is 0 Å². The molecular formula is C16H31IN2. The molecule has 1 unspecified atom stereocenters. The Morgan fingerprint density at radius 2 is 1.84 bits per heavy atom. The van der Waals surface area contributed by atoms with Crippen molar-refractivity contribution in [2.24, 2.45) is 13.0 Å². The van der Waals surface area contributed by atoms with Gasteiger partial charge in [0.1, 0.15) is 5.82 Å². The van der Waals surface area contributed by atoms with Crippen molar-refractivity contribution in [1.82, 2.24) is 9.55 Å². The molecule has 0 aliphatic heterocycles. The van der Waals surface area contributed by atoms with Crippen molar-refractivity contribution in [3.8, 4) is 0 Å². The number of hydrogen-bond acceptors (Lipinski definition) is 1. The van der Waals surface area contributed by atoms with Crippen molar-refractivity contribution >= 4 is 24.0 Å². The second-order valence-electron chi connectivity index (χ2n) is 5.58. The summed E-state index contributed by atoms with van der Waals surface area (Å²) in [6.45, 7) is 6.66. The van der Waals surface area contributed by atoms with Gasteiger partial charge in [-0.05, 0) is 25.7 Å². The lowest BCUT2D eigenvalue weighted by Gasteiger charge is -2.15. The SMILES string of the molecule is CCCCCC(CCC)CCc1cn(C)c(C)n1.I. The molecule has 0 N–H and O–H groups in total. The Labute approximate surface area is 136 Å². The third-order valence-electron chi connectivity index (χ3n) is 3.88. The highest BCUT2D eigenvalue weighted by Crippen LogP contribution is 2.21. The zero-order valence-corrected chi connectivity index (χ0v) is 15.4. The summed E-state index contributed by atoms with van der Waals surface area (Å²) in [7, 11) is 2.08. The summed E-state index contributed by atoms with van der Waals surface area (Å²) in [6, 6.07) is 0. The van der Waals surface area contributed by atoms with E-state index in [0.717, 1.165) is 18.2 Å². The monoisotopic (exact) mass is 378 g/mol. The highest BCUT2D eigenvalue weighted by Gasteiger charge is 2.09. The first-order valence-electron chi connectivity index (χ1n) is 7.66. The molecule has 0 saturated carbocycles. The van der Waals surface area contributed by atoms with E-state index in [4.69, 9.17) is 0 Å².